The molecule has 0 amide bonds. The van der Waals surface area contributed by atoms with Crippen LogP contribution in [0.5, 0.6) is 0 Å². The van der Waals surface area contributed by atoms with Gasteiger partial charge < -0.3 is 4.57 Å². The molecular formula is C48H33NSi. The minimum atomic E-state index is -3.09. The maximum Gasteiger partial charge on any atom is 0.179 e. The van der Waals surface area contributed by atoms with Gasteiger partial charge in [0.2, 0.25) is 0 Å². The molecule has 0 atom stereocenters. The number of para-hydroxylation sites is 1. The molecule has 0 spiro atoms. The maximum absolute atomic E-state index is 9.81. The smallest absolute Gasteiger partial charge is 0.179 e. The van der Waals surface area contributed by atoms with Crippen molar-refractivity contribution in [2.24, 2.45) is 0 Å². The van der Waals surface area contributed by atoms with E-state index in [1.54, 1.807) is 0 Å². The third-order valence-corrected chi connectivity index (χ3v) is 14.7. The van der Waals surface area contributed by atoms with Crippen LogP contribution < -0.4 is 20.7 Å². The van der Waals surface area contributed by atoms with E-state index in [2.05, 4.69) is 84.9 Å². The molecule has 0 bridgehead atoms. The van der Waals surface area contributed by atoms with E-state index < -0.39 is 56.4 Å². The van der Waals surface area contributed by atoms with Crippen LogP contribution in [0.3, 0.4) is 0 Å². The second-order valence-electron chi connectivity index (χ2n) is 12.5. The van der Waals surface area contributed by atoms with Crippen LogP contribution in [0.2, 0.25) is 0 Å². The van der Waals surface area contributed by atoms with Crippen LogP contribution in [0.25, 0.3) is 59.8 Å². The normalized spacial score (nSPS) is 14.8. The second kappa shape index (κ2) is 11.4. The van der Waals surface area contributed by atoms with Crippen LogP contribution in [-0.4, -0.2) is 12.6 Å². The molecule has 1 nitrogen and oxygen atoms in total. The van der Waals surface area contributed by atoms with E-state index in [0.29, 0.717) is 27.5 Å². The van der Waals surface area contributed by atoms with Crippen LogP contribution in [0.1, 0.15) is 13.7 Å². The molecular weight excluding hydrogens is 619 g/mol. The van der Waals surface area contributed by atoms with Gasteiger partial charge in [-0.2, -0.15) is 0 Å². The molecule has 0 fully saturated rings. The highest BCUT2D eigenvalue weighted by molar-refractivity contribution is 7.20. The van der Waals surface area contributed by atoms with Crippen molar-refractivity contribution in [3.8, 4) is 5.69 Å². The summed E-state index contributed by atoms with van der Waals surface area (Å²) >= 11 is 0. The molecule has 0 aliphatic rings. The minimum Gasteiger partial charge on any atom is -0.309 e. The molecule has 234 valence electrons. The van der Waals surface area contributed by atoms with Gasteiger partial charge in [0.15, 0.2) is 8.07 Å². The van der Waals surface area contributed by atoms with E-state index in [-0.39, 0.29) is 44.4 Å². The Morgan fingerprint density at radius 2 is 0.820 bits per heavy atom. The van der Waals surface area contributed by atoms with Gasteiger partial charge in [-0.05, 0) is 71.9 Å². The molecule has 0 radical (unpaired) electrons. The second-order valence-corrected chi connectivity index (χ2v) is 16.3. The number of rotatable bonds is 5. The summed E-state index contributed by atoms with van der Waals surface area (Å²) in [7, 11) is -3.09. The maximum atomic E-state index is 9.81. The first kappa shape index (κ1) is 20.3. The van der Waals surface area contributed by atoms with Crippen molar-refractivity contribution < 1.29 is 13.7 Å². The van der Waals surface area contributed by atoms with Gasteiger partial charge in [0, 0.05) is 21.8 Å². The molecule has 10 aromatic rings. The van der Waals surface area contributed by atoms with Gasteiger partial charge in [-0.1, -0.05) is 176 Å². The molecule has 50 heavy (non-hydrogen) atoms. The molecule has 1 heterocycles. The van der Waals surface area contributed by atoms with E-state index >= 15 is 0 Å². The molecule has 0 unspecified atom stereocenters. The van der Waals surface area contributed by atoms with Crippen molar-refractivity contribution in [2.45, 2.75) is 0 Å². The summed E-state index contributed by atoms with van der Waals surface area (Å²) in [4.78, 5) is 0. The summed E-state index contributed by atoms with van der Waals surface area (Å²) < 4.78 is 93.1. The van der Waals surface area contributed by atoms with Gasteiger partial charge in [0.05, 0.1) is 24.7 Å². The Bertz CT molecular complexity index is 3270. The molecule has 9 aromatic carbocycles. The quantitative estimate of drug-likeness (QED) is 0.0984. The van der Waals surface area contributed by atoms with Crippen LogP contribution in [0, 0.1) is 0 Å². The Labute approximate surface area is 306 Å². The van der Waals surface area contributed by atoms with Crippen molar-refractivity contribution in [1.82, 2.24) is 4.57 Å². The lowest BCUT2D eigenvalue weighted by Gasteiger charge is -2.34. The largest absolute Gasteiger partial charge is 0.309 e. The van der Waals surface area contributed by atoms with Gasteiger partial charge in [-0.3, -0.25) is 0 Å². The van der Waals surface area contributed by atoms with Crippen LogP contribution >= 0.6 is 0 Å². The molecule has 0 N–H and O–H groups in total. The SMILES string of the molecule is [2H]c1c([2H])c([2H])c2c(c1[2H])c1c([2H])c([2H])c([2H])c([2H])c1c1c2c([2H])c([2H])c2c1c1ccc([Si](c3ccccc3)(c3ccccc3)c3ccccc3)cc1n2-c1ccccc1. The highest BCUT2D eigenvalue weighted by Gasteiger charge is 2.41. The lowest BCUT2D eigenvalue weighted by Crippen LogP contribution is -2.74. The number of nitrogens with zero attached hydrogens (tertiary/aromatic N) is 1. The Morgan fingerprint density at radius 3 is 1.36 bits per heavy atom. The topological polar surface area (TPSA) is 4.93 Å². The van der Waals surface area contributed by atoms with E-state index in [1.807, 2.05) is 59.2 Å². The third-order valence-electron chi connectivity index (χ3n) is 9.97. The molecule has 0 saturated carbocycles. The predicted molar refractivity (Wildman–Crippen MR) is 217 cm³/mol. The number of aromatic nitrogens is 1. The van der Waals surface area contributed by atoms with Crippen molar-refractivity contribution in [2.75, 3.05) is 0 Å². The first-order valence-corrected chi connectivity index (χ1v) is 18.6. The summed E-state index contributed by atoms with van der Waals surface area (Å²) in [6.45, 7) is 0. The Kier molecular flexibility index (Phi) is 4.65. The zero-order valence-electron chi connectivity index (χ0n) is 36.7. The summed E-state index contributed by atoms with van der Waals surface area (Å²) in [5, 5.41) is 5.70. The lowest BCUT2D eigenvalue weighted by molar-refractivity contribution is 1.18. The zero-order valence-corrected chi connectivity index (χ0v) is 27.7. The van der Waals surface area contributed by atoms with Crippen molar-refractivity contribution in [3.63, 3.8) is 0 Å². The molecule has 1 aromatic heterocycles. The summed E-state index contributed by atoms with van der Waals surface area (Å²) in [5.74, 6) is 0. The lowest BCUT2D eigenvalue weighted by atomic mass is 9.92. The molecule has 0 saturated heterocycles. The molecule has 10 rings (SSSR count). The Hall–Kier alpha value is -6.22. The fourth-order valence-electron chi connectivity index (χ4n) is 7.92. The standard InChI is InChI=1S/C48H33NSi/c1-5-17-34(18-6-1)49-45-32-31-43-41-27-14-13-25-39(41)40-26-15-16-28-42(40)47(43)48(45)44-30-29-38(33-46(44)49)50(35-19-7-2-8-20-35,36-21-9-3-10-22-36)37-23-11-4-12-24-37/h1-33H/i13D,14D,15D,16D,25D,26D,27D,28D,31D,32D. The zero-order chi connectivity index (χ0) is 41.8. The van der Waals surface area contributed by atoms with E-state index in [0.717, 1.165) is 20.7 Å². The van der Waals surface area contributed by atoms with E-state index in [1.165, 1.54) is 0 Å². The fraction of sp³-hybridized carbons (Fsp3) is 0. The number of hydrogen-bond acceptors (Lipinski definition) is 0. The van der Waals surface area contributed by atoms with Crippen LogP contribution in [0.4, 0.5) is 0 Å². The summed E-state index contributed by atoms with van der Waals surface area (Å²) in [5.41, 5.74) is 1.76. The van der Waals surface area contributed by atoms with Crippen molar-refractivity contribution in [3.05, 3.63) is 200 Å². The van der Waals surface area contributed by atoms with Gasteiger partial charge in [0.25, 0.3) is 0 Å². The summed E-state index contributed by atoms with van der Waals surface area (Å²) in [6.07, 6.45) is 0. The van der Waals surface area contributed by atoms with Gasteiger partial charge in [-0.15, -0.1) is 0 Å². The number of hydrogen-bond donors (Lipinski definition) is 0. The van der Waals surface area contributed by atoms with Crippen molar-refractivity contribution in [1.29, 1.82) is 0 Å². The van der Waals surface area contributed by atoms with E-state index in [9.17, 15) is 6.85 Å². The van der Waals surface area contributed by atoms with E-state index in [4.69, 9.17) is 6.85 Å². The van der Waals surface area contributed by atoms with Crippen LogP contribution in [0.15, 0.2) is 200 Å². The highest BCUT2D eigenvalue weighted by atomic mass is 28.3. The Balaban J connectivity index is 1.50. The molecule has 0 aliphatic heterocycles. The van der Waals surface area contributed by atoms with Crippen LogP contribution in [-0.2, 0) is 0 Å². The molecule has 2 heteroatoms. The number of benzene rings is 9. The predicted octanol–water partition coefficient (Wildman–Crippen LogP) is 9.62. The minimum absolute atomic E-state index is 0.0322. The first-order valence-electron chi connectivity index (χ1n) is 21.6. The Morgan fingerprint density at radius 1 is 0.360 bits per heavy atom. The van der Waals surface area contributed by atoms with Gasteiger partial charge >= 0.3 is 0 Å². The highest BCUT2D eigenvalue weighted by Crippen LogP contribution is 2.43. The average Bonchev–Trinajstić information content (AvgIpc) is 3.63. The van der Waals surface area contributed by atoms with Gasteiger partial charge in [0.1, 0.15) is 0 Å². The monoisotopic (exact) mass is 661 g/mol. The number of fused-ring (bicyclic) bond motifs is 10. The summed E-state index contributed by atoms with van der Waals surface area (Å²) in [6, 6.07) is 42.9. The van der Waals surface area contributed by atoms with Crippen molar-refractivity contribution >= 4 is 82.9 Å². The average molecular weight is 662 g/mol. The fourth-order valence-corrected chi connectivity index (χ4v) is 12.7. The molecule has 0 aliphatic carbocycles. The third kappa shape index (κ3) is 4.12. The van der Waals surface area contributed by atoms with Gasteiger partial charge in [-0.25, -0.2) is 0 Å². The first-order chi connectivity index (χ1) is 29.0.